The minimum absolute atomic E-state index is 0.0140. The van der Waals surface area contributed by atoms with Crippen LogP contribution in [0.25, 0.3) is 0 Å². The van der Waals surface area contributed by atoms with E-state index in [2.05, 4.69) is 22.5 Å². The van der Waals surface area contributed by atoms with E-state index in [0.717, 1.165) is 11.4 Å². The third-order valence-electron chi connectivity index (χ3n) is 2.59. The number of pyridine rings is 1. The van der Waals surface area contributed by atoms with Gasteiger partial charge in [-0.15, -0.1) is 0 Å². The lowest BCUT2D eigenvalue weighted by atomic mass is 10.3. The standard InChI is InChI=1S/C13H18N4O2S/c1-3-17(8-10-6-4-5-9(2)16-10)13(19)12(18)15-7-11(14)20/h4-6H,3,7-8H2,1-2H3,(H2,14,20)(H,15,18). The molecule has 6 nitrogen and oxygen atoms in total. The Labute approximate surface area is 123 Å². The molecule has 20 heavy (non-hydrogen) atoms. The van der Waals surface area contributed by atoms with Crippen LogP contribution in [0.5, 0.6) is 0 Å². The highest BCUT2D eigenvalue weighted by Gasteiger charge is 2.20. The van der Waals surface area contributed by atoms with Gasteiger partial charge in [0.25, 0.3) is 0 Å². The summed E-state index contributed by atoms with van der Waals surface area (Å²) in [5, 5.41) is 2.38. The molecule has 0 aromatic carbocycles. The van der Waals surface area contributed by atoms with Crippen molar-refractivity contribution in [3.8, 4) is 0 Å². The second kappa shape index (κ2) is 7.54. The molecular weight excluding hydrogens is 276 g/mol. The molecule has 1 aromatic rings. The fraction of sp³-hybridized carbons (Fsp3) is 0.385. The number of hydrogen-bond donors (Lipinski definition) is 2. The lowest BCUT2D eigenvalue weighted by Crippen LogP contribution is -2.44. The average Bonchev–Trinajstić information content (AvgIpc) is 2.41. The number of nitrogens with two attached hydrogens (primary N) is 1. The highest BCUT2D eigenvalue weighted by molar-refractivity contribution is 7.80. The molecule has 0 bridgehead atoms. The molecule has 0 unspecified atom stereocenters. The van der Waals surface area contributed by atoms with Crippen molar-refractivity contribution in [2.75, 3.05) is 13.1 Å². The van der Waals surface area contributed by atoms with Crippen LogP contribution in [0.1, 0.15) is 18.3 Å². The average molecular weight is 294 g/mol. The summed E-state index contributed by atoms with van der Waals surface area (Å²) < 4.78 is 0. The molecule has 0 saturated heterocycles. The molecule has 0 aliphatic heterocycles. The van der Waals surface area contributed by atoms with Crippen LogP contribution < -0.4 is 11.1 Å². The lowest BCUT2D eigenvalue weighted by Gasteiger charge is -2.19. The summed E-state index contributed by atoms with van der Waals surface area (Å²) in [4.78, 5) is 29.5. The Balaban J connectivity index is 2.67. The van der Waals surface area contributed by atoms with E-state index >= 15 is 0 Å². The van der Waals surface area contributed by atoms with Crippen molar-refractivity contribution in [3.63, 3.8) is 0 Å². The fourth-order valence-electron chi connectivity index (χ4n) is 1.60. The fourth-order valence-corrected chi connectivity index (χ4v) is 1.67. The first-order valence-corrected chi connectivity index (χ1v) is 6.62. The van der Waals surface area contributed by atoms with Crippen molar-refractivity contribution >= 4 is 29.0 Å². The third-order valence-corrected chi connectivity index (χ3v) is 2.73. The summed E-state index contributed by atoms with van der Waals surface area (Å²) >= 11 is 4.64. The van der Waals surface area contributed by atoms with E-state index in [-0.39, 0.29) is 18.1 Å². The molecule has 0 aliphatic rings. The summed E-state index contributed by atoms with van der Waals surface area (Å²) in [5.74, 6) is -1.33. The predicted molar refractivity (Wildman–Crippen MR) is 79.9 cm³/mol. The van der Waals surface area contributed by atoms with Gasteiger partial charge in [-0.3, -0.25) is 14.6 Å². The van der Waals surface area contributed by atoms with E-state index < -0.39 is 11.8 Å². The highest BCUT2D eigenvalue weighted by Crippen LogP contribution is 2.03. The number of likely N-dealkylation sites (N-methyl/N-ethyl adjacent to an activating group) is 1. The van der Waals surface area contributed by atoms with Gasteiger partial charge in [-0.1, -0.05) is 18.3 Å². The molecule has 0 fully saturated rings. The van der Waals surface area contributed by atoms with Crippen LogP contribution in [-0.4, -0.2) is 39.8 Å². The van der Waals surface area contributed by atoms with Crippen molar-refractivity contribution in [1.82, 2.24) is 15.2 Å². The number of hydrogen-bond acceptors (Lipinski definition) is 4. The molecule has 1 rings (SSSR count). The molecule has 0 aliphatic carbocycles. The van der Waals surface area contributed by atoms with Gasteiger partial charge in [0, 0.05) is 12.2 Å². The van der Waals surface area contributed by atoms with Gasteiger partial charge < -0.3 is 16.0 Å². The quantitative estimate of drug-likeness (QED) is 0.596. The number of amides is 2. The molecule has 108 valence electrons. The normalized spacial score (nSPS) is 9.90. The van der Waals surface area contributed by atoms with Crippen LogP contribution >= 0.6 is 12.2 Å². The minimum atomic E-state index is -0.715. The summed E-state index contributed by atoms with van der Waals surface area (Å²) in [6, 6.07) is 5.55. The number of aromatic nitrogens is 1. The van der Waals surface area contributed by atoms with Crippen LogP contribution in [0.4, 0.5) is 0 Å². The first-order chi connectivity index (χ1) is 9.43. The maximum atomic E-state index is 12.0. The first-order valence-electron chi connectivity index (χ1n) is 6.22. The summed E-state index contributed by atoms with van der Waals surface area (Å²) in [5.41, 5.74) is 6.87. The van der Waals surface area contributed by atoms with Gasteiger partial charge >= 0.3 is 11.8 Å². The SMILES string of the molecule is CCN(Cc1cccc(C)n1)C(=O)C(=O)NCC(N)=S. The smallest absolute Gasteiger partial charge is 0.312 e. The van der Waals surface area contributed by atoms with Gasteiger partial charge in [-0.25, -0.2) is 0 Å². The van der Waals surface area contributed by atoms with Gasteiger partial charge in [0.05, 0.1) is 23.8 Å². The molecular formula is C13H18N4O2S. The summed E-state index contributed by atoms with van der Waals surface area (Å²) in [6.07, 6.45) is 0. The topological polar surface area (TPSA) is 88.3 Å². The number of carbonyl (C=O) groups is 2. The van der Waals surface area contributed by atoms with Gasteiger partial charge in [0.2, 0.25) is 0 Å². The molecule has 3 N–H and O–H groups in total. The number of rotatable bonds is 5. The summed E-state index contributed by atoms with van der Waals surface area (Å²) in [6.45, 7) is 4.39. The Morgan fingerprint density at radius 3 is 2.70 bits per heavy atom. The number of aryl methyl sites for hydroxylation is 1. The Hall–Kier alpha value is -2.02. The van der Waals surface area contributed by atoms with E-state index in [1.807, 2.05) is 25.1 Å². The molecule has 0 radical (unpaired) electrons. The highest BCUT2D eigenvalue weighted by atomic mass is 32.1. The van der Waals surface area contributed by atoms with Crippen LogP contribution in [0.15, 0.2) is 18.2 Å². The maximum Gasteiger partial charge on any atom is 0.312 e. The number of nitrogens with one attached hydrogen (secondary N) is 1. The summed E-state index contributed by atoms with van der Waals surface area (Å²) in [7, 11) is 0. The number of thiocarbonyl (C=S) groups is 1. The third kappa shape index (κ3) is 4.93. The van der Waals surface area contributed by atoms with Gasteiger partial charge in [-0.05, 0) is 26.0 Å². The molecule has 1 aromatic heterocycles. The molecule has 7 heteroatoms. The van der Waals surface area contributed by atoms with Crippen LogP contribution in [0.2, 0.25) is 0 Å². The maximum absolute atomic E-state index is 12.0. The van der Waals surface area contributed by atoms with Crippen molar-refractivity contribution in [2.24, 2.45) is 5.73 Å². The van der Waals surface area contributed by atoms with Crippen molar-refractivity contribution in [3.05, 3.63) is 29.6 Å². The molecule has 2 amide bonds. The van der Waals surface area contributed by atoms with E-state index in [0.29, 0.717) is 6.54 Å². The van der Waals surface area contributed by atoms with Gasteiger partial charge in [-0.2, -0.15) is 0 Å². The van der Waals surface area contributed by atoms with Crippen LogP contribution in [-0.2, 0) is 16.1 Å². The minimum Gasteiger partial charge on any atom is -0.392 e. The molecule has 0 spiro atoms. The van der Waals surface area contributed by atoms with Gasteiger partial charge in [0.1, 0.15) is 0 Å². The molecule has 0 atom stereocenters. The largest absolute Gasteiger partial charge is 0.392 e. The zero-order valence-electron chi connectivity index (χ0n) is 11.5. The van der Waals surface area contributed by atoms with E-state index in [4.69, 9.17) is 5.73 Å². The van der Waals surface area contributed by atoms with Crippen molar-refractivity contribution in [1.29, 1.82) is 0 Å². The second-order valence-electron chi connectivity index (χ2n) is 4.24. The number of nitrogens with zero attached hydrogens (tertiary/aromatic N) is 2. The first kappa shape index (κ1) is 16.0. The van der Waals surface area contributed by atoms with Crippen LogP contribution in [0, 0.1) is 6.92 Å². The Bertz CT molecular complexity index is 519. The van der Waals surface area contributed by atoms with E-state index in [1.165, 1.54) is 4.90 Å². The van der Waals surface area contributed by atoms with Crippen molar-refractivity contribution < 1.29 is 9.59 Å². The molecule has 0 saturated carbocycles. The molecule has 1 heterocycles. The van der Waals surface area contributed by atoms with Gasteiger partial charge in [0.15, 0.2) is 0 Å². The zero-order chi connectivity index (χ0) is 15.1. The second-order valence-corrected chi connectivity index (χ2v) is 4.76. The van der Waals surface area contributed by atoms with E-state index in [1.54, 1.807) is 6.92 Å². The Kier molecular flexibility index (Phi) is 6.05. The van der Waals surface area contributed by atoms with E-state index in [9.17, 15) is 9.59 Å². The monoisotopic (exact) mass is 294 g/mol. The lowest BCUT2D eigenvalue weighted by molar-refractivity contribution is -0.146. The number of carbonyl (C=O) groups excluding carboxylic acids is 2. The Morgan fingerprint density at radius 1 is 1.45 bits per heavy atom. The Morgan fingerprint density at radius 2 is 2.15 bits per heavy atom. The van der Waals surface area contributed by atoms with Crippen LogP contribution in [0.3, 0.4) is 0 Å². The van der Waals surface area contributed by atoms with Crippen molar-refractivity contribution in [2.45, 2.75) is 20.4 Å². The zero-order valence-corrected chi connectivity index (χ0v) is 12.4. The predicted octanol–water partition coefficient (Wildman–Crippen LogP) is 0.141.